The summed E-state index contributed by atoms with van der Waals surface area (Å²) in [6.45, 7) is 1.78. The lowest BCUT2D eigenvalue weighted by molar-refractivity contribution is 0.572. The van der Waals surface area contributed by atoms with E-state index in [-0.39, 0.29) is 5.82 Å². The van der Waals surface area contributed by atoms with E-state index in [1.807, 2.05) is 0 Å². The van der Waals surface area contributed by atoms with Crippen LogP contribution in [0.4, 0.5) is 13.2 Å². The summed E-state index contributed by atoms with van der Waals surface area (Å²) in [7, 11) is 0. The summed E-state index contributed by atoms with van der Waals surface area (Å²) in [5.74, 6) is -1.62. The number of benzene rings is 2. The summed E-state index contributed by atoms with van der Waals surface area (Å²) in [4.78, 5) is 0. The van der Waals surface area contributed by atoms with Crippen molar-refractivity contribution >= 4 is 0 Å². The Kier molecular flexibility index (Phi) is 3.90. The maximum atomic E-state index is 13.1. The van der Waals surface area contributed by atoms with E-state index in [1.54, 1.807) is 13.0 Å². The third-order valence-electron chi connectivity index (χ3n) is 3.06. The number of aryl methyl sites for hydroxylation is 1. The van der Waals surface area contributed by atoms with Crippen LogP contribution in [0.2, 0.25) is 0 Å². The third-order valence-corrected chi connectivity index (χ3v) is 3.06. The number of halogens is 3. The van der Waals surface area contributed by atoms with Crippen molar-refractivity contribution in [3.8, 4) is 0 Å². The Balaban J connectivity index is 2.22. The topological polar surface area (TPSA) is 26.0 Å². The molecule has 4 heteroatoms. The quantitative estimate of drug-likeness (QED) is 0.900. The smallest absolute Gasteiger partial charge is 0.126 e. The van der Waals surface area contributed by atoms with E-state index in [1.165, 1.54) is 24.3 Å². The second-order valence-electron chi connectivity index (χ2n) is 4.58. The SMILES string of the molecule is Cc1cc(F)ccc1CC(N)c1cc(F)cc(F)c1. The fraction of sp³-hybridized carbons (Fsp3) is 0.200. The predicted molar refractivity (Wildman–Crippen MR) is 68.1 cm³/mol. The molecule has 0 bridgehead atoms. The van der Waals surface area contributed by atoms with Crippen LogP contribution in [-0.4, -0.2) is 0 Å². The molecular formula is C15H14F3N. The number of rotatable bonds is 3. The molecule has 2 aromatic carbocycles. The highest BCUT2D eigenvalue weighted by molar-refractivity contribution is 5.30. The first-order valence-electron chi connectivity index (χ1n) is 5.92. The molecule has 0 saturated heterocycles. The number of hydrogen-bond donors (Lipinski definition) is 1. The van der Waals surface area contributed by atoms with E-state index in [9.17, 15) is 13.2 Å². The van der Waals surface area contributed by atoms with Gasteiger partial charge in [-0.25, -0.2) is 13.2 Å². The van der Waals surface area contributed by atoms with Gasteiger partial charge in [0.25, 0.3) is 0 Å². The van der Waals surface area contributed by atoms with Gasteiger partial charge in [0.2, 0.25) is 0 Å². The third kappa shape index (κ3) is 3.35. The van der Waals surface area contributed by atoms with Crippen LogP contribution >= 0.6 is 0 Å². The van der Waals surface area contributed by atoms with Crippen molar-refractivity contribution in [3.05, 3.63) is 70.5 Å². The van der Waals surface area contributed by atoms with Crippen molar-refractivity contribution in [2.75, 3.05) is 0 Å². The normalized spacial score (nSPS) is 12.5. The van der Waals surface area contributed by atoms with Gasteiger partial charge in [0.15, 0.2) is 0 Å². The zero-order chi connectivity index (χ0) is 14.0. The van der Waals surface area contributed by atoms with E-state index >= 15 is 0 Å². The molecular weight excluding hydrogens is 251 g/mol. The average molecular weight is 265 g/mol. The standard InChI is InChI=1S/C15H14F3N/c1-9-4-12(16)3-2-10(9)7-15(19)11-5-13(17)8-14(18)6-11/h2-6,8,15H,7,19H2,1H3. The first-order valence-corrected chi connectivity index (χ1v) is 5.92. The summed E-state index contributed by atoms with van der Waals surface area (Å²) >= 11 is 0. The van der Waals surface area contributed by atoms with Crippen molar-refractivity contribution in [3.63, 3.8) is 0 Å². The Morgan fingerprint density at radius 1 is 0.947 bits per heavy atom. The first-order chi connectivity index (χ1) is 8.95. The fourth-order valence-corrected chi connectivity index (χ4v) is 2.03. The fourth-order valence-electron chi connectivity index (χ4n) is 2.03. The highest BCUT2D eigenvalue weighted by Gasteiger charge is 2.11. The van der Waals surface area contributed by atoms with E-state index in [4.69, 9.17) is 5.73 Å². The van der Waals surface area contributed by atoms with Gasteiger partial charge in [-0.2, -0.15) is 0 Å². The maximum Gasteiger partial charge on any atom is 0.126 e. The molecule has 1 unspecified atom stereocenters. The molecule has 2 rings (SSSR count). The molecule has 0 saturated carbocycles. The van der Waals surface area contributed by atoms with E-state index in [0.717, 1.165) is 17.2 Å². The summed E-state index contributed by atoms with van der Waals surface area (Å²) in [6.07, 6.45) is 0.398. The van der Waals surface area contributed by atoms with E-state index < -0.39 is 17.7 Å². The van der Waals surface area contributed by atoms with Crippen LogP contribution in [0.5, 0.6) is 0 Å². The van der Waals surface area contributed by atoms with Gasteiger partial charge in [-0.15, -0.1) is 0 Å². The molecule has 0 fully saturated rings. The maximum absolute atomic E-state index is 13.1. The minimum absolute atomic E-state index is 0.313. The van der Waals surface area contributed by atoms with Crippen LogP contribution in [0.1, 0.15) is 22.7 Å². The van der Waals surface area contributed by atoms with Crippen molar-refractivity contribution in [2.24, 2.45) is 5.73 Å². The number of nitrogens with two attached hydrogens (primary N) is 1. The minimum atomic E-state index is -0.652. The summed E-state index contributed by atoms with van der Waals surface area (Å²) in [5, 5.41) is 0. The Morgan fingerprint density at radius 2 is 1.58 bits per heavy atom. The Bertz CT molecular complexity index is 576. The van der Waals surface area contributed by atoms with Gasteiger partial charge < -0.3 is 5.73 Å². The molecule has 100 valence electrons. The summed E-state index contributed by atoms with van der Waals surface area (Å²) < 4.78 is 39.2. The second kappa shape index (κ2) is 5.45. The van der Waals surface area contributed by atoms with Crippen molar-refractivity contribution in [1.82, 2.24) is 0 Å². The lowest BCUT2D eigenvalue weighted by atomic mass is 9.96. The monoisotopic (exact) mass is 265 g/mol. The van der Waals surface area contributed by atoms with Gasteiger partial charge in [-0.1, -0.05) is 6.07 Å². The zero-order valence-corrected chi connectivity index (χ0v) is 10.5. The lowest BCUT2D eigenvalue weighted by Crippen LogP contribution is -2.14. The van der Waals surface area contributed by atoms with Crippen LogP contribution in [0.15, 0.2) is 36.4 Å². The molecule has 0 aliphatic rings. The van der Waals surface area contributed by atoms with Gasteiger partial charge in [-0.3, -0.25) is 0 Å². The van der Waals surface area contributed by atoms with Crippen LogP contribution in [-0.2, 0) is 6.42 Å². The van der Waals surface area contributed by atoms with Crippen molar-refractivity contribution in [1.29, 1.82) is 0 Å². The molecule has 0 radical (unpaired) electrons. The molecule has 0 heterocycles. The van der Waals surface area contributed by atoms with Gasteiger partial charge >= 0.3 is 0 Å². The van der Waals surface area contributed by atoms with Crippen LogP contribution in [0, 0.1) is 24.4 Å². The molecule has 0 aliphatic carbocycles. The highest BCUT2D eigenvalue weighted by atomic mass is 19.1. The average Bonchev–Trinajstić information content (AvgIpc) is 2.31. The Morgan fingerprint density at radius 3 is 2.16 bits per heavy atom. The second-order valence-corrected chi connectivity index (χ2v) is 4.58. The highest BCUT2D eigenvalue weighted by Crippen LogP contribution is 2.21. The largest absolute Gasteiger partial charge is 0.324 e. The molecule has 0 amide bonds. The molecule has 2 N–H and O–H groups in total. The zero-order valence-electron chi connectivity index (χ0n) is 10.5. The van der Waals surface area contributed by atoms with Gasteiger partial charge in [-0.05, 0) is 54.3 Å². The van der Waals surface area contributed by atoms with Crippen LogP contribution in [0.3, 0.4) is 0 Å². The lowest BCUT2D eigenvalue weighted by Gasteiger charge is -2.14. The molecule has 1 atom stereocenters. The Hall–Kier alpha value is -1.81. The summed E-state index contributed by atoms with van der Waals surface area (Å²) in [6, 6.07) is 7.10. The minimum Gasteiger partial charge on any atom is -0.324 e. The van der Waals surface area contributed by atoms with Crippen molar-refractivity contribution < 1.29 is 13.2 Å². The number of hydrogen-bond acceptors (Lipinski definition) is 1. The molecule has 19 heavy (non-hydrogen) atoms. The van der Waals surface area contributed by atoms with Crippen molar-refractivity contribution in [2.45, 2.75) is 19.4 Å². The molecule has 1 nitrogen and oxygen atoms in total. The van der Waals surface area contributed by atoms with Gasteiger partial charge in [0.05, 0.1) is 0 Å². The Labute approximate surface area is 109 Å². The molecule has 2 aromatic rings. The van der Waals surface area contributed by atoms with Crippen LogP contribution in [0.25, 0.3) is 0 Å². The molecule has 0 aliphatic heterocycles. The first kappa shape index (κ1) is 13.6. The van der Waals surface area contributed by atoms with Crippen LogP contribution < -0.4 is 5.73 Å². The van der Waals surface area contributed by atoms with Gasteiger partial charge in [0, 0.05) is 12.1 Å². The van der Waals surface area contributed by atoms with Gasteiger partial charge in [0.1, 0.15) is 17.5 Å². The molecule has 0 aromatic heterocycles. The summed E-state index contributed by atoms with van der Waals surface area (Å²) in [5.41, 5.74) is 7.97. The van der Waals surface area contributed by atoms with E-state index in [2.05, 4.69) is 0 Å². The van der Waals surface area contributed by atoms with E-state index in [0.29, 0.717) is 12.0 Å². The predicted octanol–water partition coefficient (Wildman–Crippen LogP) is 3.65. The molecule has 0 spiro atoms.